The largest absolute Gasteiger partial charge is 0.308 e. The van der Waals surface area contributed by atoms with Crippen LogP contribution in [0.25, 0.3) is 0 Å². The molecule has 1 heterocycles. The second-order valence-electron chi connectivity index (χ2n) is 2.57. The van der Waals surface area contributed by atoms with E-state index in [0.29, 0.717) is 0 Å². The minimum absolute atomic E-state index is 0.749. The van der Waals surface area contributed by atoms with Crippen molar-refractivity contribution in [1.29, 1.82) is 0 Å². The fourth-order valence-electron chi connectivity index (χ4n) is 0.813. The molecule has 1 rings (SSSR count). The number of nitrogens with zero attached hydrogens (tertiary/aromatic N) is 2. The zero-order valence-corrected chi connectivity index (χ0v) is 7.25. The summed E-state index contributed by atoms with van der Waals surface area (Å²) < 4.78 is 0. The van der Waals surface area contributed by atoms with E-state index in [1.807, 2.05) is 13.0 Å². The Morgan fingerprint density at radius 3 is 2.92 bits per heavy atom. The molecular weight excluding hydrogens is 150 g/mol. The van der Waals surface area contributed by atoms with Gasteiger partial charge in [-0.25, -0.2) is 0 Å². The van der Waals surface area contributed by atoms with Gasteiger partial charge >= 0.3 is 0 Å². The summed E-state index contributed by atoms with van der Waals surface area (Å²) in [5.74, 6) is 0. The van der Waals surface area contributed by atoms with Gasteiger partial charge < -0.3 is 5.32 Å². The van der Waals surface area contributed by atoms with Gasteiger partial charge in [-0.1, -0.05) is 6.08 Å². The average molecular weight is 163 g/mol. The second kappa shape index (κ2) is 4.62. The summed E-state index contributed by atoms with van der Waals surface area (Å²) in [6.07, 6.45) is 5.37. The molecule has 0 aromatic carbocycles. The Labute approximate surface area is 72.6 Å². The highest BCUT2D eigenvalue weighted by Gasteiger charge is 1.92. The van der Waals surface area contributed by atoms with Crippen molar-refractivity contribution in [2.75, 3.05) is 6.54 Å². The molecule has 12 heavy (non-hydrogen) atoms. The van der Waals surface area contributed by atoms with Crippen molar-refractivity contribution in [3.63, 3.8) is 0 Å². The maximum absolute atomic E-state index is 4.19. The first kappa shape index (κ1) is 8.87. The summed E-state index contributed by atoms with van der Waals surface area (Å²) in [4.78, 5) is 8.32. The summed E-state index contributed by atoms with van der Waals surface area (Å²) in [5.41, 5.74) is 1.91. The van der Waals surface area contributed by atoms with E-state index in [9.17, 15) is 0 Å². The van der Waals surface area contributed by atoms with Crippen LogP contribution in [0.5, 0.6) is 0 Å². The summed E-state index contributed by atoms with van der Waals surface area (Å²) in [7, 11) is 0. The van der Waals surface area contributed by atoms with E-state index < -0.39 is 0 Å². The molecule has 1 aromatic heterocycles. The fourth-order valence-corrected chi connectivity index (χ4v) is 0.813. The van der Waals surface area contributed by atoms with Crippen molar-refractivity contribution in [1.82, 2.24) is 15.3 Å². The monoisotopic (exact) mass is 163 g/mol. The van der Waals surface area contributed by atoms with Crippen LogP contribution < -0.4 is 5.32 Å². The van der Waals surface area contributed by atoms with Crippen LogP contribution in [0, 0.1) is 6.92 Å². The van der Waals surface area contributed by atoms with E-state index in [1.165, 1.54) is 0 Å². The highest BCUT2D eigenvalue weighted by molar-refractivity contribution is 5.00. The summed E-state index contributed by atoms with van der Waals surface area (Å²) in [6, 6.07) is 0. The number of hydrogen-bond donors (Lipinski definition) is 1. The van der Waals surface area contributed by atoms with Crippen LogP contribution in [0.1, 0.15) is 11.4 Å². The number of aryl methyl sites for hydroxylation is 1. The van der Waals surface area contributed by atoms with Crippen LogP contribution in [0.4, 0.5) is 0 Å². The maximum Gasteiger partial charge on any atom is 0.0724 e. The first-order valence-corrected chi connectivity index (χ1v) is 3.92. The molecule has 0 atom stereocenters. The zero-order chi connectivity index (χ0) is 8.81. The molecule has 0 saturated carbocycles. The average Bonchev–Trinajstić information content (AvgIpc) is 2.09. The van der Waals surface area contributed by atoms with Crippen molar-refractivity contribution in [2.45, 2.75) is 13.5 Å². The van der Waals surface area contributed by atoms with Gasteiger partial charge in [0, 0.05) is 25.5 Å². The predicted molar refractivity (Wildman–Crippen MR) is 48.7 cm³/mol. The first-order valence-electron chi connectivity index (χ1n) is 3.92. The normalized spacial score (nSPS) is 9.75. The Balaban J connectivity index is 2.42. The lowest BCUT2D eigenvalue weighted by Gasteiger charge is -2.00. The molecule has 0 aliphatic rings. The minimum Gasteiger partial charge on any atom is -0.308 e. The van der Waals surface area contributed by atoms with E-state index in [2.05, 4.69) is 21.9 Å². The van der Waals surface area contributed by atoms with Crippen LogP contribution in [0.15, 0.2) is 25.0 Å². The highest BCUT2D eigenvalue weighted by Crippen LogP contribution is 1.92. The predicted octanol–water partition coefficient (Wildman–Crippen LogP) is 1.06. The lowest BCUT2D eigenvalue weighted by Crippen LogP contribution is -2.13. The Morgan fingerprint density at radius 1 is 1.50 bits per heavy atom. The highest BCUT2D eigenvalue weighted by atomic mass is 14.9. The topological polar surface area (TPSA) is 37.8 Å². The summed E-state index contributed by atoms with van der Waals surface area (Å²) in [5, 5.41) is 3.15. The van der Waals surface area contributed by atoms with Crippen LogP contribution in [-0.2, 0) is 6.54 Å². The van der Waals surface area contributed by atoms with E-state index in [1.54, 1.807) is 12.4 Å². The quantitative estimate of drug-likeness (QED) is 0.532. The molecule has 0 bridgehead atoms. The second-order valence-corrected chi connectivity index (χ2v) is 2.57. The minimum atomic E-state index is 0.749. The molecule has 0 unspecified atom stereocenters. The van der Waals surface area contributed by atoms with Gasteiger partial charge in [0.15, 0.2) is 0 Å². The molecule has 0 saturated heterocycles. The third kappa shape index (κ3) is 2.80. The molecule has 1 aromatic rings. The van der Waals surface area contributed by atoms with Gasteiger partial charge in [0.2, 0.25) is 0 Å². The number of nitrogens with one attached hydrogen (secondary N) is 1. The van der Waals surface area contributed by atoms with Crippen molar-refractivity contribution in [3.8, 4) is 0 Å². The number of aromatic nitrogens is 2. The van der Waals surface area contributed by atoms with Gasteiger partial charge in [-0.05, 0) is 6.92 Å². The number of rotatable bonds is 4. The molecule has 0 aliphatic heterocycles. The van der Waals surface area contributed by atoms with Gasteiger partial charge in [0.05, 0.1) is 11.4 Å². The lowest BCUT2D eigenvalue weighted by atomic mass is 10.4. The summed E-state index contributed by atoms with van der Waals surface area (Å²) >= 11 is 0. The van der Waals surface area contributed by atoms with E-state index in [-0.39, 0.29) is 0 Å². The van der Waals surface area contributed by atoms with Gasteiger partial charge in [0.25, 0.3) is 0 Å². The molecule has 3 nitrogen and oxygen atoms in total. The van der Waals surface area contributed by atoms with Crippen molar-refractivity contribution >= 4 is 0 Å². The van der Waals surface area contributed by atoms with Gasteiger partial charge in [0.1, 0.15) is 0 Å². The molecule has 64 valence electrons. The molecular formula is C9H13N3. The molecule has 0 spiro atoms. The van der Waals surface area contributed by atoms with Crippen LogP contribution in [0.3, 0.4) is 0 Å². The fraction of sp³-hybridized carbons (Fsp3) is 0.333. The number of hydrogen-bond acceptors (Lipinski definition) is 3. The smallest absolute Gasteiger partial charge is 0.0724 e. The Kier molecular flexibility index (Phi) is 3.41. The Morgan fingerprint density at radius 2 is 2.33 bits per heavy atom. The van der Waals surface area contributed by atoms with Gasteiger partial charge in [-0.2, -0.15) is 0 Å². The summed E-state index contributed by atoms with van der Waals surface area (Å²) in [6.45, 7) is 7.08. The molecule has 0 fully saturated rings. The maximum atomic E-state index is 4.19. The van der Waals surface area contributed by atoms with Crippen molar-refractivity contribution in [3.05, 3.63) is 36.4 Å². The van der Waals surface area contributed by atoms with Crippen molar-refractivity contribution in [2.24, 2.45) is 0 Å². The Bertz CT molecular complexity index is 240. The molecule has 0 radical (unpaired) electrons. The van der Waals surface area contributed by atoms with E-state index in [4.69, 9.17) is 0 Å². The van der Waals surface area contributed by atoms with E-state index >= 15 is 0 Å². The third-order valence-electron chi connectivity index (χ3n) is 1.43. The van der Waals surface area contributed by atoms with Crippen LogP contribution in [0.2, 0.25) is 0 Å². The third-order valence-corrected chi connectivity index (χ3v) is 1.43. The SMILES string of the molecule is C=CCNCc1cnc(C)cn1. The first-order chi connectivity index (χ1) is 5.83. The van der Waals surface area contributed by atoms with Gasteiger partial charge in [-0.15, -0.1) is 6.58 Å². The van der Waals surface area contributed by atoms with Crippen LogP contribution >= 0.6 is 0 Å². The lowest BCUT2D eigenvalue weighted by molar-refractivity contribution is 0.734. The Hall–Kier alpha value is -1.22. The molecule has 1 N–H and O–H groups in total. The standard InChI is InChI=1S/C9H13N3/c1-3-4-10-6-9-7-11-8(2)5-12-9/h3,5,7,10H,1,4,6H2,2H3. The molecule has 0 aliphatic carbocycles. The van der Waals surface area contributed by atoms with Crippen LogP contribution in [-0.4, -0.2) is 16.5 Å². The molecule has 3 heteroatoms. The van der Waals surface area contributed by atoms with E-state index in [0.717, 1.165) is 24.5 Å². The van der Waals surface area contributed by atoms with Crippen molar-refractivity contribution < 1.29 is 0 Å². The zero-order valence-electron chi connectivity index (χ0n) is 7.25. The van der Waals surface area contributed by atoms with Gasteiger partial charge in [-0.3, -0.25) is 9.97 Å². The molecule has 0 amide bonds.